The predicted octanol–water partition coefficient (Wildman–Crippen LogP) is 2.22. The fraction of sp³-hybridized carbons (Fsp3) is 0.350. The quantitative estimate of drug-likeness (QED) is 0.690. The van der Waals surface area contributed by atoms with Crippen molar-refractivity contribution < 1.29 is 22.7 Å². The van der Waals surface area contributed by atoms with Crippen LogP contribution in [-0.4, -0.2) is 47.4 Å². The lowest BCUT2D eigenvalue weighted by Gasteiger charge is -2.18. The van der Waals surface area contributed by atoms with E-state index in [4.69, 9.17) is 9.47 Å². The van der Waals surface area contributed by atoms with E-state index in [1.54, 1.807) is 38.3 Å². The third-order valence-corrected chi connectivity index (χ3v) is 5.46. The maximum atomic E-state index is 12.2. The molecular weight excluding hydrogens is 380 g/mol. The first-order chi connectivity index (χ1) is 13.2. The Hall–Kier alpha value is -2.74. The van der Waals surface area contributed by atoms with E-state index in [0.29, 0.717) is 24.4 Å². The molecule has 0 saturated heterocycles. The number of amides is 1. The molecule has 0 aromatic heterocycles. The highest BCUT2D eigenvalue weighted by Gasteiger charge is 2.15. The summed E-state index contributed by atoms with van der Waals surface area (Å²) in [4.78, 5) is 12.2. The summed E-state index contributed by atoms with van der Waals surface area (Å²) in [5, 5.41) is 2.85. The molecule has 2 aromatic rings. The van der Waals surface area contributed by atoms with E-state index in [1.165, 1.54) is 11.4 Å². The molecule has 2 rings (SSSR count). The summed E-state index contributed by atoms with van der Waals surface area (Å²) >= 11 is 0. The molecular formula is C20H26N2O5S. The minimum absolute atomic E-state index is 0.217. The van der Waals surface area contributed by atoms with Crippen LogP contribution in [0, 0.1) is 0 Å². The number of hydrogen-bond acceptors (Lipinski definition) is 5. The number of rotatable bonds is 9. The Kier molecular flexibility index (Phi) is 7.28. The highest BCUT2D eigenvalue weighted by atomic mass is 32.2. The van der Waals surface area contributed by atoms with Crippen LogP contribution < -0.4 is 19.1 Å². The van der Waals surface area contributed by atoms with Gasteiger partial charge in [-0.1, -0.05) is 12.1 Å². The van der Waals surface area contributed by atoms with E-state index in [1.807, 2.05) is 24.3 Å². The zero-order chi connectivity index (χ0) is 20.7. The highest BCUT2D eigenvalue weighted by molar-refractivity contribution is 7.92. The van der Waals surface area contributed by atoms with E-state index >= 15 is 0 Å². The minimum atomic E-state index is -3.32. The molecule has 2 aromatic carbocycles. The topological polar surface area (TPSA) is 84.9 Å². The van der Waals surface area contributed by atoms with Crippen molar-refractivity contribution in [2.75, 3.05) is 31.3 Å². The van der Waals surface area contributed by atoms with Crippen molar-refractivity contribution in [2.24, 2.45) is 0 Å². The molecule has 1 N–H and O–H groups in total. The van der Waals surface area contributed by atoms with Gasteiger partial charge in [0, 0.05) is 13.6 Å². The average molecular weight is 407 g/mol. The van der Waals surface area contributed by atoms with Gasteiger partial charge in [-0.05, 0) is 55.3 Å². The number of nitrogens with one attached hydrogen (secondary N) is 1. The Labute approximate surface area is 166 Å². The second-order valence-corrected chi connectivity index (χ2v) is 8.39. The molecule has 0 aliphatic carbocycles. The van der Waals surface area contributed by atoms with Gasteiger partial charge in [-0.2, -0.15) is 0 Å². The van der Waals surface area contributed by atoms with Crippen molar-refractivity contribution in [3.8, 4) is 11.5 Å². The first-order valence-electron chi connectivity index (χ1n) is 8.82. The van der Waals surface area contributed by atoms with Crippen LogP contribution in [0.3, 0.4) is 0 Å². The fourth-order valence-electron chi connectivity index (χ4n) is 2.45. The van der Waals surface area contributed by atoms with Gasteiger partial charge >= 0.3 is 0 Å². The predicted molar refractivity (Wildman–Crippen MR) is 109 cm³/mol. The molecule has 8 heteroatoms. The lowest BCUT2D eigenvalue weighted by atomic mass is 10.1. The van der Waals surface area contributed by atoms with Crippen molar-refractivity contribution in [2.45, 2.75) is 19.4 Å². The number of nitrogens with zero attached hydrogens (tertiary/aromatic N) is 1. The Morgan fingerprint density at radius 1 is 1.07 bits per heavy atom. The van der Waals surface area contributed by atoms with Crippen LogP contribution in [0.5, 0.6) is 11.5 Å². The molecule has 0 spiro atoms. The third-order valence-electron chi connectivity index (χ3n) is 4.25. The van der Waals surface area contributed by atoms with E-state index < -0.39 is 16.1 Å². The van der Waals surface area contributed by atoms with Gasteiger partial charge in [-0.15, -0.1) is 0 Å². The standard InChI is InChI=1S/C20H26N2O5S/c1-15(20(23)21-14-13-16-5-9-18(26-3)10-6-16)27-19-11-7-17(8-12-19)22(2)28(4,24)25/h5-12,15H,13-14H2,1-4H3,(H,21,23)/t15-/m0/s1. The van der Waals surface area contributed by atoms with Crippen molar-refractivity contribution in [3.63, 3.8) is 0 Å². The maximum Gasteiger partial charge on any atom is 0.260 e. The Balaban J connectivity index is 1.82. The minimum Gasteiger partial charge on any atom is -0.497 e. The number of ether oxygens (including phenoxy) is 2. The van der Waals surface area contributed by atoms with E-state index in [-0.39, 0.29) is 5.91 Å². The second kappa shape index (κ2) is 9.45. The zero-order valence-corrected chi connectivity index (χ0v) is 17.3. The monoisotopic (exact) mass is 406 g/mol. The lowest BCUT2D eigenvalue weighted by molar-refractivity contribution is -0.127. The van der Waals surface area contributed by atoms with E-state index in [0.717, 1.165) is 17.6 Å². The molecule has 0 aliphatic heterocycles. The van der Waals surface area contributed by atoms with Crippen LogP contribution in [0.25, 0.3) is 0 Å². The Morgan fingerprint density at radius 2 is 1.64 bits per heavy atom. The molecule has 1 amide bonds. The third kappa shape index (κ3) is 6.16. The summed E-state index contributed by atoms with van der Waals surface area (Å²) in [6.07, 6.45) is 1.17. The summed E-state index contributed by atoms with van der Waals surface area (Å²) in [5.74, 6) is 1.07. The van der Waals surface area contributed by atoms with Gasteiger partial charge in [0.15, 0.2) is 6.10 Å². The molecule has 7 nitrogen and oxygen atoms in total. The first-order valence-corrected chi connectivity index (χ1v) is 10.7. The maximum absolute atomic E-state index is 12.2. The smallest absolute Gasteiger partial charge is 0.260 e. The van der Waals surface area contributed by atoms with Gasteiger partial charge < -0.3 is 14.8 Å². The summed E-state index contributed by atoms with van der Waals surface area (Å²) in [6.45, 7) is 2.16. The van der Waals surface area contributed by atoms with Crippen LogP contribution in [0.15, 0.2) is 48.5 Å². The first kappa shape index (κ1) is 21.6. The summed E-state index contributed by atoms with van der Waals surface area (Å²) in [7, 11) is -0.226. The number of carbonyl (C=O) groups excluding carboxylic acids is 1. The summed E-state index contributed by atoms with van der Waals surface area (Å²) < 4.78 is 35.0. The highest BCUT2D eigenvalue weighted by Crippen LogP contribution is 2.21. The van der Waals surface area contributed by atoms with Gasteiger partial charge in [0.05, 0.1) is 19.1 Å². The van der Waals surface area contributed by atoms with Crippen molar-refractivity contribution in [1.29, 1.82) is 0 Å². The molecule has 0 saturated carbocycles. The second-order valence-electron chi connectivity index (χ2n) is 6.37. The van der Waals surface area contributed by atoms with Gasteiger partial charge in [-0.25, -0.2) is 8.42 Å². The number of carbonyl (C=O) groups is 1. The van der Waals surface area contributed by atoms with Crippen molar-refractivity contribution in [1.82, 2.24) is 5.32 Å². The molecule has 28 heavy (non-hydrogen) atoms. The lowest BCUT2D eigenvalue weighted by Crippen LogP contribution is -2.37. The number of benzene rings is 2. The fourth-order valence-corrected chi connectivity index (χ4v) is 2.95. The molecule has 0 aliphatic rings. The Bertz CT molecular complexity index is 880. The van der Waals surface area contributed by atoms with Crippen LogP contribution >= 0.6 is 0 Å². The average Bonchev–Trinajstić information content (AvgIpc) is 2.67. The number of hydrogen-bond donors (Lipinski definition) is 1. The largest absolute Gasteiger partial charge is 0.497 e. The number of methoxy groups -OCH3 is 1. The van der Waals surface area contributed by atoms with Gasteiger partial charge in [0.2, 0.25) is 10.0 Å². The normalized spacial score (nSPS) is 12.1. The van der Waals surface area contributed by atoms with Gasteiger partial charge in [0.25, 0.3) is 5.91 Å². The van der Waals surface area contributed by atoms with Crippen molar-refractivity contribution in [3.05, 3.63) is 54.1 Å². The van der Waals surface area contributed by atoms with E-state index in [2.05, 4.69) is 5.32 Å². The van der Waals surface area contributed by atoms with Crippen molar-refractivity contribution >= 4 is 21.6 Å². The molecule has 1 atom stereocenters. The van der Waals surface area contributed by atoms with Gasteiger partial charge in [-0.3, -0.25) is 9.10 Å². The summed E-state index contributed by atoms with van der Waals surface area (Å²) in [6, 6.07) is 14.2. The Morgan fingerprint density at radius 3 is 2.18 bits per heavy atom. The molecule has 152 valence electrons. The molecule has 0 radical (unpaired) electrons. The number of sulfonamides is 1. The van der Waals surface area contributed by atoms with E-state index in [9.17, 15) is 13.2 Å². The molecule has 0 bridgehead atoms. The molecule has 0 unspecified atom stereocenters. The number of anilines is 1. The van der Waals surface area contributed by atoms with Crippen LogP contribution in [0.1, 0.15) is 12.5 Å². The van der Waals surface area contributed by atoms with Crippen LogP contribution in [0.2, 0.25) is 0 Å². The van der Waals surface area contributed by atoms with Gasteiger partial charge in [0.1, 0.15) is 11.5 Å². The van der Waals surface area contributed by atoms with Crippen LogP contribution in [0.4, 0.5) is 5.69 Å². The molecule has 0 fully saturated rings. The summed E-state index contributed by atoms with van der Waals surface area (Å²) in [5.41, 5.74) is 1.62. The van der Waals surface area contributed by atoms with Crippen LogP contribution in [-0.2, 0) is 21.2 Å². The molecule has 0 heterocycles. The SMILES string of the molecule is COc1ccc(CCNC(=O)[C@H](C)Oc2ccc(N(C)S(C)(=O)=O)cc2)cc1. The zero-order valence-electron chi connectivity index (χ0n) is 16.5.